The van der Waals surface area contributed by atoms with Crippen LogP contribution in [0.4, 0.5) is 0 Å². The predicted molar refractivity (Wildman–Crippen MR) is 125 cm³/mol. The molecule has 0 atom stereocenters. The summed E-state index contributed by atoms with van der Waals surface area (Å²) in [7, 11) is 0. The number of ether oxygens (including phenoxy) is 1. The highest BCUT2D eigenvalue weighted by Gasteiger charge is 2.24. The highest BCUT2D eigenvalue weighted by Crippen LogP contribution is 2.23. The number of amides is 1. The number of hydrogen-bond donors (Lipinski definition) is 0. The molecule has 0 saturated carbocycles. The zero-order valence-electron chi connectivity index (χ0n) is 17.3. The first kappa shape index (κ1) is 21.9. The molecule has 1 saturated heterocycles. The summed E-state index contributed by atoms with van der Waals surface area (Å²) >= 11 is 9.59. The number of nitrogens with zero attached hydrogens (tertiary/aromatic N) is 2. The second kappa shape index (κ2) is 9.90. The van der Waals surface area contributed by atoms with E-state index in [4.69, 9.17) is 20.8 Å². The fourth-order valence-corrected chi connectivity index (χ4v) is 4.26. The number of halogens is 2. The summed E-state index contributed by atoms with van der Waals surface area (Å²) < 4.78 is 12.7. The second-order valence-electron chi connectivity index (χ2n) is 7.62. The number of hydrogen-bond acceptors (Lipinski definition) is 4. The molecule has 1 fully saturated rings. The van der Waals surface area contributed by atoms with Crippen molar-refractivity contribution in [1.29, 1.82) is 0 Å². The number of carbonyl (C=O) groups excluding carboxylic acids is 1. The molecule has 1 aliphatic rings. The normalized spacial score (nSPS) is 14.6. The third-order valence-electron chi connectivity index (χ3n) is 5.39. The average Bonchev–Trinajstić information content (AvgIpc) is 3.24. The van der Waals surface area contributed by atoms with Crippen LogP contribution in [0.15, 0.2) is 63.5 Å². The number of carbonyl (C=O) groups is 1. The molecule has 1 aliphatic heterocycles. The van der Waals surface area contributed by atoms with Crippen molar-refractivity contribution in [1.82, 2.24) is 9.80 Å². The largest absolute Gasteiger partial charge is 0.485 e. The highest BCUT2D eigenvalue weighted by atomic mass is 79.9. The molecule has 0 N–H and O–H groups in total. The van der Waals surface area contributed by atoms with Crippen molar-refractivity contribution in [2.45, 2.75) is 20.1 Å². The van der Waals surface area contributed by atoms with E-state index in [1.54, 1.807) is 18.2 Å². The van der Waals surface area contributed by atoms with Gasteiger partial charge in [0.05, 0.1) is 0 Å². The molecule has 0 unspecified atom stereocenters. The molecule has 3 aromatic rings. The van der Waals surface area contributed by atoms with Gasteiger partial charge in [-0.3, -0.25) is 9.69 Å². The Hall–Kier alpha value is -2.28. The minimum absolute atomic E-state index is 0.0746. The lowest BCUT2D eigenvalue weighted by Crippen LogP contribution is -2.48. The van der Waals surface area contributed by atoms with Gasteiger partial charge in [-0.25, -0.2) is 0 Å². The van der Waals surface area contributed by atoms with Crippen LogP contribution in [-0.4, -0.2) is 41.9 Å². The van der Waals surface area contributed by atoms with Gasteiger partial charge in [0.1, 0.15) is 18.1 Å². The summed E-state index contributed by atoms with van der Waals surface area (Å²) in [5.41, 5.74) is 2.21. The maximum Gasteiger partial charge on any atom is 0.289 e. The maximum atomic E-state index is 12.8. The standard InChI is InChI=1S/C24H24BrClN2O3/c1-17-14-19(26)6-8-22(17)30-16-20-7-9-23(31-20)24(29)28-12-10-27(11-13-28)15-18-4-2-3-5-21(18)25/h2-9,14H,10-13,15-16H2,1H3. The first-order valence-corrected chi connectivity index (χ1v) is 11.4. The molecule has 4 rings (SSSR count). The Morgan fingerprint density at radius 3 is 2.61 bits per heavy atom. The molecule has 5 nitrogen and oxygen atoms in total. The predicted octanol–water partition coefficient (Wildman–Crippen LogP) is 5.54. The maximum absolute atomic E-state index is 12.8. The summed E-state index contributed by atoms with van der Waals surface area (Å²) in [5.74, 6) is 1.64. The lowest BCUT2D eigenvalue weighted by Gasteiger charge is -2.34. The van der Waals surface area contributed by atoms with Gasteiger partial charge in [0.25, 0.3) is 5.91 Å². The van der Waals surface area contributed by atoms with Crippen molar-refractivity contribution < 1.29 is 13.9 Å². The van der Waals surface area contributed by atoms with E-state index in [9.17, 15) is 4.79 Å². The van der Waals surface area contributed by atoms with Crippen LogP contribution < -0.4 is 4.74 Å². The molecule has 0 aliphatic carbocycles. The molecule has 0 spiro atoms. The Morgan fingerprint density at radius 1 is 1.10 bits per heavy atom. The van der Waals surface area contributed by atoms with Crippen molar-refractivity contribution >= 4 is 33.4 Å². The van der Waals surface area contributed by atoms with E-state index >= 15 is 0 Å². The van der Waals surface area contributed by atoms with Gasteiger partial charge < -0.3 is 14.1 Å². The van der Waals surface area contributed by atoms with Crippen molar-refractivity contribution in [3.8, 4) is 5.75 Å². The van der Waals surface area contributed by atoms with Gasteiger partial charge in [0.15, 0.2) is 5.76 Å². The van der Waals surface area contributed by atoms with E-state index in [0.717, 1.165) is 35.4 Å². The molecule has 162 valence electrons. The van der Waals surface area contributed by atoms with Crippen molar-refractivity contribution in [2.24, 2.45) is 0 Å². The zero-order chi connectivity index (χ0) is 21.8. The third kappa shape index (κ3) is 5.50. The summed E-state index contributed by atoms with van der Waals surface area (Å²) in [4.78, 5) is 17.1. The monoisotopic (exact) mass is 502 g/mol. The number of piperazine rings is 1. The van der Waals surface area contributed by atoms with Crippen LogP contribution in [0.25, 0.3) is 0 Å². The van der Waals surface area contributed by atoms with E-state index < -0.39 is 0 Å². The summed E-state index contributed by atoms with van der Waals surface area (Å²) in [6.45, 7) is 6.10. The molecule has 1 aromatic heterocycles. The van der Waals surface area contributed by atoms with Crippen molar-refractivity contribution in [2.75, 3.05) is 26.2 Å². The molecule has 0 bridgehead atoms. The fourth-order valence-electron chi connectivity index (χ4n) is 3.63. The Balaban J connectivity index is 1.29. The number of aryl methyl sites for hydroxylation is 1. The van der Waals surface area contributed by atoms with Crippen LogP contribution in [0.3, 0.4) is 0 Å². The van der Waals surface area contributed by atoms with Crippen molar-refractivity contribution in [3.63, 3.8) is 0 Å². The summed E-state index contributed by atoms with van der Waals surface area (Å²) in [6.07, 6.45) is 0. The van der Waals surface area contributed by atoms with E-state index in [1.807, 2.05) is 36.1 Å². The topological polar surface area (TPSA) is 45.9 Å². The lowest BCUT2D eigenvalue weighted by molar-refractivity contribution is 0.0594. The first-order valence-electron chi connectivity index (χ1n) is 10.2. The smallest absolute Gasteiger partial charge is 0.289 e. The van der Waals surface area contributed by atoms with Gasteiger partial charge in [-0.15, -0.1) is 0 Å². The van der Waals surface area contributed by atoms with Gasteiger partial charge in [-0.1, -0.05) is 45.7 Å². The fraction of sp³-hybridized carbons (Fsp3) is 0.292. The van der Waals surface area contributed by atoms with Gasteiger partial charge in [0.2, 0.25) is 0 Å². The molecule has 7 heteroatoms. The van der Waals surface area contributed by atoms with E-state index in [1.165, 1.54) is 5.56 Å². The van der Waals surface area contributed by atoms with E-state index in [0.29, 0.717) is 29.6 Å². The minimum Gasteiger partial charge on any atom is -0.485 e. The Labute approximate surface area is 195 Å². The van der Waals surface area contributed by atoms with Crippen LogP contribution in [0.1, 0.15) is 27.4 Å². The molecule has 0 radical (unpaired) electrons. The Bertz CT molecular complexity index is 1060. The van der Waals surface area contributed by atoms with Gasteiger partial charge >= 0.3 is 0 Å². The van der Waals surface area contributed by atoms with Crippen molar-refractivity contribution in [3.05, 3.63) is 86.7 Å². The highest BCUT2D eigenvalue weighted by molar-refractivity contribution is 9.10. The van der Waals surface area contributed by atoms with Crippen LogP contribution in [0, 0.1) is 6.92 Å². The SMILES string of the molecule is Cc1cc(Cl)ccc1OCc1ccc(C(=O)N2CCN(Cc3ccccc3Br)CC2)o1. The number of benzene rings is 2. The quantitative estimate of drug-likeness (QED) is 0.443. The van der Waals surface area contributed by atoms with Gasteiger partial charge in [0, 0.05) is 42.2 Å². The minimum atomic E-state index is -0.0746. The number of rotatable bonds is 6. The summed E-state index contributed by atoms with van der Waals surface area (Å²) in [5, 5.41) is 0.673. The second-order valence-corrected chi connectivity index (χ2v) is 8.91. The third-order valence-corrected chi connectivity index (χ3v) is 6.40. The lowest BCUT2D eigenvalue weighted by atomic mass is 10.2. The molecule has 2 aromatic carbocycles. The van der Waals surface area contributed by atoms with E-state index in [2.05, 4.69) is 33.0 Å². The van der Waals surface area contributed by atoms with Crippen LogP contribution >= 0.6 is 27.5 Å². The molecule has 2 heterocycles. The van der Waals surface area contributed by atoms with Gasteiger partial charge in [-0.2, -0.15) is 0 Å². The van der Waals surface area contributed by atoms with Gasteiger partial charge in [-0.05, 0) is 54.4 Å². The van der Waals surface area contributed by atoms with Crippen LogP contribution in [-0.2, 0) is 13.2 Å². The van der Waals surface area contributed by atoms with Crippen LogP contribution in [0.5, 0.6) is 5.75 Å². The molecule has 1 amide bonds. The number of furan rings is 1. The Morgan fingerprint density at radius 2 is 1.87 bits per heavy atom. The van der Waals surface area contributed by atoms with Crippen LogP contribution in [0.2, 0.25) is 5.02 Å². The Kier molecular flexibility index (Phi) is 7.00. The molecule has 31 heavy (non-hydrogen) atoms. The zero-order valence-corrected chi connectivity index (χ0v) is 19.7. The summed E-state index contributed by atoms with van der Waals surface area (Å²) in [6, 6.07) is 17.2. The van der Waals surface area contributed by atoms with E-state index in [-0.39, 0.29) is 12.5 Å². The first-order chi connectivity index (χ1) is 15.0. The molecular formula is C24H24BrClN2O3. The molecular weight excluding hydrogens is 480 g/mol. The average molecular weight is 504 g/mol.